The molecule has 228 valence electrons. The first-order valence-corrected chi connectivity index (χ1v) is 16.1. The molecular formula is C40H47N3O. The molecule has 0 aromatic heterocycles. The Kier molecular flexibility index (Phi) is 10.7. The summed E-state index contributed by atoms with van der Waals surface area (Å²) in [6.07, 6.45) is 6.27. The van der Waals surface area contributed by atoms with Gasteiger partial charge in [-0.15, -0.1) is 0 Å². The van der Waals surface area contributed by atoms with Crippen LogP contribution in [0.4, 0.5) is 16.2 Å². The lowest BCUT2D eigenvalue weighted by atomic mass is 9.81. The summed E-state index contributed by atoms with van der Waals surface area (Å²) in [5.74, 6) is 0.589. The SMILES string of the molecule is C=C(CC1CCCCC1N)CN(C(=O)N(CCC(c1ccccc1)c1ccccc1)c1ccc(C)cc1)c1ccc(C)cc1. The molecule has 4 aromatic carbocycles. The summed E-state index contributed by atoms with van der Waals surface area (Å²) >= 11 is 0. The maximum Gasteiger partial charge on any atom is 0.329 e. The van der Waals surface area contributed by atoms with Crippen molar-refractivity contribution in [3.8, 4) is 0 Å². The molecule has 1 saturated carbocycles. The topological polar surface area (TPSA) is 49.6 Å². The van der Waals surface area contributed by atoms with Gasteiger partial charge in [-0.05, 0) is 80.8 Å². The van der Waals surface area contributed by atoms with Gasteiger partial charge in [0.15, 0.2) is 0 Å². The molecule has 2 unspecified atom stereocenters. The zero-order valence-electron chi connectivity index (χ0n) is 26.4. The van der Waals surface area contributed by atoms with Crippen molar-refractivity contribution in [2.24, 2.45) is 11.7 Å². The second-order valence-electron chi connectivity index (χ2n) is 12.5. The van der Waals surface area contributed by atoms with Crippen molar-refractivity contribution >= 4 is 17.4 Å². The molecule has 2 amide bonds. The van der Waals surface area contributed by atoms with E-state index in [2.05, 4.69) is 130 Å². The maximum absolute atomic E-state index is 14.8. The molecule has 1 fully saturated rings. The highest BCUT2D eigenvalue weighted by Gasteiger charge is 2.28. The van der Waals surface area contributed by atoms with Gasteiger partial charge in [-0.25, -0.2) is 4.79 Å². The smallest absolute Gasteiger partial charge is 0.327 e. The number of rotatable bonds is 11. The van der Waals surface area contributed by atoms with Gasteiger partial charge in [-0.3, -0.25) is 9.80 Å². The lowest BCUT2D eigenvalue weighted by molar-refractivity contribution is 0.251. The van der Waals surface area contributed by atoms with Gasteiger partial charge in [-0.1, -0.05) is 121 Å². The number of benzene rings is 4. The quantitative estimate of drug-likeness (QED) is 0.178. The fourth-order valence-corrected chi connectivity index (χ4v) is 6.50. The van der Waals surface area contributed by atoms with Crippen LogP contribution in [-0.2, 0) is 0 Å². The Morgan fingerprint density at radius 1 is 0.750 bits per heavy atom. The zero-order chi connectivity index (χ0) is 30.9. The summed E-state index contributed by atoms with van der Waals surface area (Å²) < 4.78 is 0. The second-order valence-corrected chi connectivity index (χ2v) is 12.5. The third-order valence-electron chi connectivity index (χ3n) is 9.10. The highest BCUT2D eigenvalue weighted by molar-refractivity contribution is 6.04. The van der Waals surface area contributed by atoms with Crippen molar-refractivity contribution in [1.29, 1.82) is 0 Å². The minimum Gasteiger partial charge on any atom is -0.327 e. The van der Waals surface area contributed by atoms with Crippen molar-refractivity contribution in [3.05, 3.63) is 144 Å². The summed E-state index contributed by atoms with van der Waals surface area (Å²) in [5.41, 5.74) is 14.2. The van der Waals surface area contributed by atoms with Gasteiger partial charge in [0.25, 0.3) is 0 Å². The van der Waals surface area contributed by atoms with Crippen LogP contribution in [-0.4, -0.2) is 25.2 Å². The van der Waals surface area contributed by atoms with Crippen molar-refractivity contribution in [2.75, 3.05) is 22.9 Å². The van der Waals surface area contributed by atoms with Crippen LogP contribution in [0.3, 0.4) is 0 Å². The highest BCUT2D eigenvalue weighted by Crippen LogP contribution is 2.32. The van der Waals surface area contributed by atoms with Crippen molar-refractivity contribution in [1.82, 2.24) is 0 Å². The Morgan fingerprint density at radius 2 is 1.25 bits per heavy atom. The predicted octanol–water partition coefficient (Wildman–Crippen LogP) is 9.42. The zero-order valence-corrected chi connectivity index (χ0v) is 26.4. The lowest BCUT2D eigenvalue weighted by Gasteiger charge is -2.34. The number of aryl methyl sites for hydroxylation is 2. The largest absolute Gasteiger partial charge is 0.329 e. The fourth-order valence-electron chi connectivity index (χ4n) is 6.50. The Bertz CT molecular complexity index is 1440. The van der Waals surface area contributed by atoms with Crippen LogP contribution in [0.25, 0.3) is 0 Å². The number of hydrogen-bond acceptors (Lipinski definition) is 2. The number of amides is 2. The molecule has 5 rings (SSSR count). The highest BCUT2D eigenvalue weighted by atomic mass is 16.2. The van der Waals surface area contributed by atoms with E-state index in [1.165, 1.54) is 29.5 Å². The monoisotopic (exact) mass is 585 g/mol. The third-order valence-corrected chi connectivity index (χ3v) is 9.10. The van der Waals surface area contributed by atoms with Crippen molar-refractivity contribution in [2.45, 2.75) is 64.3 Å². The Hall–Kier alpha value is -4.15. The molecule has 0 aliphatic heterocycles. The molecule has 0 spiro atoms. The van der Waals surface area contributed by atoms with E-state index in [4.69, 9.17) is 5.73 Å². The van der Waals surface area contributed by atoms with Crippen LogP contribution < -0.4 is 15.5 Å². The van der Waals surface area contributed by atoms with E-state index in [1.54, 1.807) is 0 Å². The molecule has 4 heteroatoms. The minimum absolute atomic E-state index is 0.0355. The average Bonchev–Trinajstić information content (AvgIpc) is 3.05. The molecule has 0 saturated heterocycles. The Morgan fingerprint density at radius 3 is 1.77 bits per heavy atom. The first kappa shape index (κ1) is 31.3. The van der Waals surface area contributed by atoms with Crippen molar-refractivity contribution < 1.29 is 4.79 Å². The van der Waals surface area contributed by atoms with Crippen LogP contribution in [0, 0.1) is 19.8 Å². The van der Waals surface area contributed by atoms with Gasteiger partial charge in [0, 0.05) is 36.4 Å². The number of nitrogens with two attached hydrogens (primary N) is 1. The molecule has 4 nitrogen and oxygen atoms in total. The summed E-state index contributed by atoms with van der Waals surface area (Å²) in [4.78, 5) is 18.6. The average molecular weight is 586 g/mol. The molecule has 44 heavy (non-hydrogen) atoms. The summed E-state index contributed by atoms with van der Waals surface area (Å²) in [6.45, 7) is 9.67. The van der Waals surface area contributed by atoms with Gasteiger partial charge >= 0.3 is 6.03 Å². The van der Waals surface area contributed by atoms with Crippen LogP contribution in [0.1, 0.15) is 66.7 Å². The number of hydrogen-bond donors (Lipinski definition) is 1. The minimum atomic E-state index is -0.0355. The molecular weight excluding hydrogens is 538 g/mol. The summed E-state index contributed by atoms with van der Waals surface area (Å²) in [7, 11) is 0. The Labute approximate surface area is 264 Å². The maximum atomic E-state index is 14.8. The standard InChI is InChI=1S/C40H47N3O/c1-30-18-22-36(23-19-30)42(27-26-38(33-12-6-4-7-13-33)34-14-8-5-9-15-34)40(44)43(37-24-20-31(2)21-25-37)29-32(3)28-35-16-10-11-17-39(35)41/h4-9,12-15,18-25,35,38-39H,3,10-11,16-17,26-29,41H2,1-2H3. The van der Waals surface area contributed by atoms with Crippen molar-refractivity contribution in [3.63, 3.8) is 0 Å². The van der Waals surface area contributed by atoms with E-state index in [0.717, 1.165) is 48.2 Å². The number of urea groups is 1. The van der Waals surface area contributed by atoms with Crippen LogP contribution in [0.15, 0.2) is 121 Å². The normalized spacial score (nSPS) is 16.5. The van der Waals surface area contributed by atoms with E-state index >= 15 is 0 Å². The van der Waals surface area contributed by atoms with Gasteiger partial charge in [0.05, 0.1) is 0 Å². The van der Waals surface area contributed by atoms with Gasteiger partial charge < -0.3 is 5.73 Å². The second kappa shape index (κ2) is 15.0. The molecule has 1 aliphatic carbocycles. The van der Waals surface area contributed by atoms with Crippen LogP contribution >= 0.6 is 0 Å². The lowest BCUT2D eigenvalue weighted by Crippen LogP contribution is -2.45. The molecule has 4 aromatic rings. The Balaban J connectivity index is 1.45. The third kappa shape index (κ3) is 8.06. The molecule has 0 heterocycles. The molecule has 2 atom stereocenters. The molecule has 0 radical (unpaired) electrons. The fraction of sp³-hybridized carbons (Fsp3) is 0.325. The number of nitrogens with zero attached hydrogens (tertiary/aromatic N) is 2. The van der Waals surface area contributed by atoms with Gasteiger partial charge in [-0.2, -0.15) is 0 Å². The van der Waals surface area contributed by atoms with E-state index in [9.17, 15) is 4.79 Å². The summed E-state index contributed by atoms with van der Waals surface area (Å²) in [6, 6.07) is 38.0. The molecule has 2 N–H and O–H groups in total. The number of anilines is 2. The first-order chi connectivity index (χ1) is 21.4. The van der Waals surface area contributed by atoms with E-state index in [-0.39, 0.29) is 18.0 Å². The first-order valence-electron chi connectivity index (χ1n) is 16.1. The van der Waals surface area contributed by atoms with Crippen LogP contribution in [0.5, 0.6) is 0 Å². The van der Waals surface area contributed by atoms with Gasteiger partial charge in [0.1, 0.15) is 0 Å². The van der Waals surface area contributed by atoms with E-state index in [1.807, 2.05) is 9.80 Å². The predicted molar refractivity (Wildman–Crippen MR) is 185 cm³/mol. The van der Waals surface area contributed by atoms with E-state index < -0.39 is 0 Å². The molecule has 1 aliphatic rings. The molecule has 0 bridgehead atoms. The van der Waals surface area contributed by atoms with Gasteiger partial charge in [0.2, 0.25) is 0 Å². The van der Waals surface area contributed by atoms with E-state index in [0.29, 0.717) is 19.0 Å². The van der Waals surface area contributed by atoms with Crippen LogP contribution in [0.2, 0.25) is 0 Å². The summed E-state index contributed by atoms with van der Waals surface area (Å²) in [5, 5.41) is 0. The number of carbonyl (C=O) groups excluding carboxylic acids is 1. The number of carbonyl (C=O) groups is 1.